The number of ether oxygens (including phenoxy) is 1. The van der Waals surface area contributed by atoms with Crippen LogP contribution in [0.15, 0.2) is 71.6 Å². The van der Waals surface area contributed by atoms with Crippen LogP contribution in [-0.4, -0.2) is 44.1 Å². The van der Waals surface area contributed by atoms with Crippen molar-refractivity contribution in [2.45, 2.75) is 23.4 Å². The number of methoxy groups -OCH3 is 1. The molecule has 3 aromatic carbocycles. The van der Waals surface area contributed by atoms with Gasteiger partial charge >= 0.3 is 0 Å². The maximum atomic E-state index is 14.5. The summed E-state index contributed by atoms with van der Waals surface area (Å²) in [6, 6.07) is 18.1. The van der Waals surface area contributed by atoms with Gasteiger partial charge in [0, 0.05) is 23.7 Å². The minimum absolute atomic E-state index is 0.123. The van der Waals surface area contributed by atoms with Gasteiger partial charge in [0.1, 0.15) is 16.5 Å². The second kappa shape index (κ2) is 8.44. The Hall–Kier alpha value is -2.94. The van der Waals surface area contributed by atoms with Crippen LogP contribution in [0.2, 0.25) is 0 Å². The lowest BCUT2D eigenvalue weighted by molar-refractivity contribution is 0.210. The average molecular weight is 469 g/mol. The van der Waals surface area contributed by atoms with Crippen molar-refractivity contribution >= 4 is 15.7 Å². The minimum Gasteiger partial charge on any atom is -0.496 e. The van der Waals surface area contributed by atoms with Gasteiger partial charge in [0.25, 0.3) is 0 Å². The number of rotatable bonds is 5. The first-order chi connectivity index (χ1) is 16.0. The smallest absolute Gasteiger partial charge is 0.246 e. The van der Waals surface area contributed by atoms with Gasteiger partial charge in [0.2, 0.25) is 10.0 Å². The van der Waals surface area contributed by atoms with E-state index in [0.29, 0.717) is 12.2 Å². The first-order valence-corrected chi connectivity index (χ1v) is 12.3. The quantitative estimate of drug-likeness (QED) is 0.591. The standard InChI is InChI=1S/C25H25FN2O4S/c1-32-23-8-4-2-6-17(23)16-10-11-21-19(14-16)25-18(22(15-29)27-21)12-13-28(25)33(30,31)24-9-5-3-7-20(24)26/h2-11,14,18,22,25,27,29H,12-13,15H2,1H3/t18-,22-,25-/m1/s1. The molecule has 2 aliphatic heterocycles. The molecule has 1 fully saturated rings. The fourth-order valence-electron chi connectivity index (χ4n) is 5.12. The molecule has 0 saturated carbocycles. The van der Waals surface area contributed by atoms with E-state index < -0.39 is 21.9 Å². The average Bonchev–Trinajstić information content (AvgIpc) is 3.30. The lowest BCUT2D eigenvalue weighted by Gasteiger charge is -2.39. The normalized spacial score (nSPS) is 22.3. The molecule has 2 heterocycles. The molecule has 2 N–H and O–H groups in total. The number of hydrogen-bond acceptors (Lipinski definition) is 5. The second-order valence-electron chi connectivity index (χ2n) is 8.38. The Labute approximate surface area is 192 Å². The summed E-state index contributed by atoms with van der Waals surface area (Å²) >= 11 is 0. The zero-order valence-electron chi connectivity index (χ0n) is 18.1. The van der Waals surface area contributed by atoms with Gasteiger partial charge in [-0.3, -0.25) is 0 Å². The second-order valence-corrected chi connectivity index (χ2v) is 10.2. The molecule has 0 radical (unpaired) electrons. The lowest BCUT2D eigenvalue weighted by Crippen LogP contribution is -2.43. The summed E-state index contributed by atoms with van der Waals surface area (Å²) in [5.74, 6) is -0.193. The summed E-state index contributed by atoms with van der Waals surface area (Å²) in [5.41, 5.74) is 3.37. The Morgan fingerprint density at radius 3 is 2.64 bits per heavy atom. The lowest BCUT2D eigenvalue weighted by atomic mass is 9.82. The third kappa shape index (κ3) is 3.58. The molecule has 0 aromatic heterocycles. The summed E-state index contributed by atoms with van der Waals surface area (Å²) in [7, 11) is -2.47. The van der Waals surface area contributed by atoms with Crippen LogP contribution in [-0.2, 0) is 10.0 Å². The molecule has 0 amide bonds. The largest absolute Gasteiger partial charge is 0.496 e. The first-order valence-electron chi connectivity index (χ1n) is 10.9. The van der Waals surface area contributed by atoms with Gasteiger partial charge in [0.05, 0.1) is 25.8 Å². The number of anilines is 1. The molecule has 33 heavy (non-hydrogen) atoms. The van der Waals surface area contributed by atoms with Crippen LogP contribution in [0.4, 0.5) is 10.1 Å². The molecule has 5 rings (SSSR count). The fraction of sp³-hybridized carbons (Fsp3) is 0.280. The number of aliphatic hydroxyl groups is 1. The molecule has 172 valence electrons. The van der Waals surface area contributed by atoms with E-state index in [1.165, 1.54) is 22.5 Å². The molecule has 3 atom stereocenters. The minimum atomic E-state index is -4.08. The molecule has 0 unspecified atom stereocenters. The topological polar surface area (TPSA) is 78.9 Å². The van der Waals surface area contributed by atoms with Gasteiger partial charge in [-0.15, -0.1) is 0 Å². The molecule has 0 bridgehead atoms. The maximum Gasteiger partial charge on any atom is 0.246 e. The van der Waals surface area contributed by atoms with Crippen molar-refractivity contribution in [3.05, 3.63) is 78.1 Å². The Morgan fingerprint density at radius 1 is 1.12 bits per heavy atom. The van der Waals surface area contributed by atoms with E-state index in [9.17, 15) is 17.9 Å². The molecule has 3 aromatic rings. The summed E-state index contributed by atoms with van der Waals surface area (Å²) in [4.78, 5) is -0.327. The fourth-order valence-corrected chi connectivity index (χ4v) is 6.85. The van der Waals surface area contributed by atoms with Crippen LogP contribution in [0.5, 0.6) is 5.75 Å². The third-order valence-corrected chi connectivity index (χ3v) is 8.58. The predicted octanol–water partition coefficient (Wildman–Crippen LogP) is 4.04. The van der Waals surface area contributed by atoms with Crippen molar-refractivity contribution in [1.82, 2.24) is 4.31 Å². The predicted molar refractivity (Wildman–Crippen MR) is 124 cm³/mol. The number of para-hydroxylation sites is 1. The molecule has 0 aliphatic carbocycles. The molecule has 2 aliphatic rings. The Balaban J connectivity index is 1.64. The number of fused-ring (bicyclic) bond motifs is 3. The van der Waals surface area contributed by atoms with Gasteiger partial charge in [0.15, 0.2) is 0 Å². The molecule has 1 saturated heterocycles. The van der Waals surface area contributed by atoms with E-state index in [4.69, 9.17) is 4.74 Å². The number of aliphatic hydroxyl groups excluding tert-OH is 1. The SMILES string of the molecule is COc1ccccc1-c1ccc2c(c1)[C@H]1[C@H](CCN1S(=O)(=O)c1ccccc1F)[C@@H](CO)N2. The van der Waals surface area contributed by atoms with Crippen molar-refractivity contribution in [2.75, 3.05) is 25.6 Å². The van der Waals surface area contributed by atoms with E-state index in [2.05, 4.69) is 5.32 Å². The van der Waals surface area contributed by atoms with Gasteiger partial charge < -0.3 is 15.2 Å². The van der Waals surface area contributed by atoms with Crippen molar-refractivity contribution in [3.8, 4) is 16.9 Å². The molecular formula is C25H25FN2O4S. The highest BCUT2D eigenvalue weighted by Gasteiger charge is 2.49. The highest BCUT2D eigenvalue weighted by Crippen LogP contribution is 2.49. The highest BCUT2D eigenvalue weighted by atomic mass is 32.2. The summed E-state index contributed by atoms with van der Waals surface area (Å²) in [6.45, 7) is 0.130. The molecule has 8 heteroatoms. The van der Waals surface area contributed by atoms with E-state index >= 15 is 0 Å². The van der Waals surface area contributed by atoms with E-state index in [1.807, 2.05) is 42.5 Å². The molecule has 6 nitrogen and oxygen atoms in total. The van der Waals surface area contributed by atoms with Crippen LogP contribution in [0.1, 0.15) is 18.0 Å². The van der Waals surface area contributed by atoms with E-state index in [0.717, 1.165) is 28.4 Å². The van der Waals surface area contributed by atoms with Gasteiger partial charge in [-0.1, -0.05) is 36.4 Å². The number of nitrogens with one attached hydrogen (secondary N) is 1. The number of nitrogens with zero attached hydrogens (tertiary/aromatic N) is 1. The van der Waals surface area contributed by atoms with Crippen LogP contribution >= 0.6 is 0 Å². The van der Waals surface area contributed by atoms with Crippen molar-refractivity contribution in [3.63, 3.8) is 0 Å². The first kappa shape index (κ1) is 21.9. The van der Waals surface area contributed by atoms with Crippen molar-refractivity contribution in [2.24, 2.45) is 5.92 Å². The van der Waals surface area contributed by atoms with Gasteiger partial charge in [-0.2, -0.15) is 4.31 Å². The Morgan fingerprint density at radius 2 is 1.88 bits per heavy atom. The zero-order valence-corrected chi connectivity index (χ0v) is 18.9. The van der Waals surface area contributed by atoms with Crippen molar-refractivity contribution < 1.29 is 22.7 Å². The molecular weight excluding hydrogens is 443 g/mol. The van der Waals surface area contributed by atoms with E-state index in [1.54, 1.807) is 7.11 Å². The number of sulfonamides is 1. The van der Waals surface area contributed by atoms with Gasteiger partial charge in [-0.05, 0) is 47.9 Å². The van der Waals surface area contributed by atoms with Crippen molar-refractivity contribution in [1.29, 1.82) is 0 Å². The maximum absolute atomic E-state index is 14.5. The van der Waals surface area contributed by atoms with Crippen LogP contribution in [0.3, 0.4) is 0 Å². The summed E-state index contributed by atoms with van der Waals surface area (Å²) < 4.78 is 48.5. The van der Waals surface area contributed by atoms with Gasteiger partial charge in [-0.25, -0.2) is 12.8 Å². The van der Waals surface area contributed by atoms with Crippen LogP contribution < -0.4 is 10.1 Å². The zero-order chi connectivity index (χ0) is 23.2. The monoisotopic (exact) mass is 468 g/mol. The number of halogens is 1. The highest BCUT2D eigenvalue weighted by molar-refractivity contribution is 7.89. The summed E-state index contributed by atoms with van der Waals surface area (Å²) in [6.07, 6.45) is 0.564. The van der Waals surface area contributed by atoms with Crippen LogP contribution in [0.25, 0.3) is 11.1 Å². The third-order valence-electron chi connectivity index (χ3n) is 6.66. The Bertz CT molecular complexity index is 1300. The number of benzene rings is 3. The molecule has 0 spiro atoms. The number of hydrogen-bond donors (Lipinski definition) is 2. The van der Waals surface area contributed by atoms with Crippen LogP contribution in [0, 0.1) is 11.7 Å². The Kier molecular flexibility index (Phi) is 5.60. The van der Waals surface area contributed by atoms with E-state index in [-0.39, 0.29) is 30.0 Å². The summed E-state index contributed by atoms with van der Waals surface area (Å²) in [5, 5.41) is 13.4.